The first kappa shape index (κ1) is 17.3. The Morgan fingerprint density at radius 2 is 2.17 bits per heavy atom. The van der Waals surface area contributed by atoms with E-state index in [1.54, 1.807) is 12.0 Å². The number of hydrogen-bond donors (Lipinski definition) is 1. The first-order valence-electron chi connectivity index (χ1n) is 7.88. The second-order valence-corrected chi connectivity index (χ2v) is 5.67. The number of anilines is 1. The summed E-state index contributed by atoms with van der Waals surface area (Å²) < 4.78 is 10.6. The van der Waals surface area contributed by atoms with Crippen molar-refractivity contribution in [3.63, 3.8) is 0 Å². The predicted molar refractivity (Wildman–Crippen MR) is 87.6 cm³/mol. The molecular formula is C17H24N2O4. The van der Waals surface area contributed by atoms with E-state index < -0.39 is 0 Å². The Hall–Kier alpha value is -2.08. The van der Waals surface area contributed by atoms with Gasteiger partial charge >= 0.3 is 0 Å². The van der Waals surface area contributed by atoms with Crippen LogP contribution in [0.5, 0.6) is 5.75 Å². The zero-order valence-corrected chi connectivity index (χ0v) is 13.9. The van der Waals surface area contributed by atoms with Gasteiger partial charge in [0, 0.05) is 26.1 Å². The molecule has 0 spiro atoms. The van der Waals surface area contributed by atoms with Crippen LogP contribution in [0.3, 0.4) is 0 Å². The Kier molecular flexibility index (Phi) is 5.98. The van der Waals surface area contributed by atoms with E-state index in [0.29, 0.717) is 25.5 Å². The number of amides is 2. The van der Waals surface area contributed by atoms with Gasteiger partial charge in [-0.25, -0.2) is 0 Å². The van der Waals surface area contributed by atoms with Gasteiger partial charge in [-0.15, -0.1) is 0 Å². The highest BCUT2D eigenvalue weighted by atomic mass is 16.5. The minimum Gasteiger partial charge on any atom is -0.492 e. The maximum atomic E-state index is 12.3. The third-order valence-corrected chi connectivity index (χ3v) is 3.76. The van der Waals surface area contributed by atoms with Crippen LogP contribution in [0.4, 0.5) is 5.69 Å². The van der Waals surface area contributed by atoms with Gasteiger partial charge in [-0.1, -0.05) is 12.1 Å². The van der Waals surface area contributed by atoms with Crippen molar-refractivity contribution < 1.29 is 19.1 Å². The van der Waals surface area contributed by atoms with Crippen LogP contribution >= 0.6 is 0 Å². The molecule has 2 amide bonds. The number of methoxy groups -OCH3 is 1. The van der Waals surface area contributed by atoms with Crippen molar-refractivity contribution in [1.29, 1.82) is 0 Å². The lowest BCUT2D eigenvalue weighted by atomic mass is 10.1. The minimum atomic E-state index is -0.350. The van der Waals surface area contributed by atoms with E-state index in [9.17, 15) is 9.59 Å². The normalized spacial score (nSPS) is 18.8. The monoisotopic (exact) mass is 320 g/mol. The van der Waals surface area contributed by atoms with Gasteiger partial charge in [0.25, 0.3) is 0 Å². The summed E-state index contributed by atoms with van der Waals surface area (Å²) in [6.07, 6.45) is 0.214. The summed E-state index contributed by atoms with van der Waals surface area (Å²) in [6, 6.07) is 7.33. The van der Waals surface area contributed by atoms with Gasteiger partial charge in [0.1, 0.15) is 5.75 Å². The number of nitrogens with zero attached hydrogens (tertiary/aromatic N) is 1. The van der Waals surface area contributed by atoms with Crippen LogP contribution in [0.1, 0.15) is 20.3 Å². The number of hydrogen-bond acceptors (Lipinski definition) is 4. The molecule has 1 N–H and O–H groups in total. The fraction of sp³-hybridized carbons (Fsp3) is 0.529. The highest BCUT2D eigenvalue weighted by molar-refractivity contribution is 6.01. The number of ether oxygens (including phenoxy) is 2. The van der Waals surface area contributed by atoms with E-state index in [0.717, 1.165) is 5.69 Å². The smallest absolute Gasteiger partial charge is 0.227 e. The average molecular weight is 320 g/mol. The Morgan fingerprint density at radius 1 is 1.43 bits per heavy atom. The fourth-order valence-electron chi connectivity index (χ4n) is 2.73. The van der Waals surface area contributed by atoms with Gasteiger partial charge in [-0.05, 0) is 26.0 Å². The lowest BCUT2D eigenvalue weighted by Gasteiger charge is -2.20. The van der Waals surface area contributed by atoms with Crippen molar-refractivity contribution in [1.82, 2.24) is 5.32 Å². The molecule has 2 atom stereocenters. The van der Waals surface area contributed by atoms with E-state index in [2.05, 4.69) is 5.32 Å². The summed E-state index contributed by atoms with van der Waals surface area (Å²) in [4.78, 5) is 26.2. The van der Waals surface area contributed by atoms with Gasteiger partial charge in [-0.3, -0.25) is 9.59 Å². The van der Waals surface area contributed by atoms with Crippen LogP contribution in [0.2, 0.25) is 0 Å². The molecule has 2 rings (SSSR count). The second-order valence-electron chi connectivity index (χ2n) is 5.67. The molecule has 6 nitrogen and oxygen atoms in total. The first-order valence-corrected chi connectivity index (χ1v) is 7.88. The molecule has 1 saturated heterocycles. The van der Waals surface area contributed by atoms with E-state index >= 15 is 0 Å². The molecule has 0 aliphatic carbocycles. The summed E-state index contributed by atoms with van der Waals surface area (Å²) in [7, 11) is 1.59. The molecule has 0 aromatic heterocycles. The Labute approximate surface area is 136 Å². The molecule has 1 aliphatic heterocycles. The summed E-state index contributed by atoms with van der Waals surface area (Å²) in [5, 5.41) is 2.88. The summed E-state index contributed by atoms with van der Waals surface area (Å²) >= 11 is 0. The molecule has 0 saturated carbocycles. The average Bonchev–Trinajstić information content (AvgIpc) is 2.90. The molecule has 1 heterocycles. The molecule has 0 radical (unpaired) electrons. The molecule has 0 bridgehead atoms. The summed E-state index contributed by atoms with van der Waals surface area (Å²) in [5.74, 6) is 0.143. The van der Waals surface area contributed by atoms with Crippen LogP contribution in [-0.2, 0) is 14.3 Å². The molecule has 1 fully saturated rings. The van der Waals surface area contributed by atoms with Crippen molar-refractivity contribution in [3.8, 4) is 5.75 Å². The Bertz CT molecular complexity index is 561. The fourth-order valence-corrected chi connectivity index (χ4v) is 2.73. The predicted octanol–water partition coefficient (Wildman–Crippen LogP) is 1.59. The zero-order valence-electron chi connectivity index (χ0n) is 13.9. The highest BCUT2D eigenvalue weighted by Crippen LogP contribution is 2.33. The maximum absolute atomic E-state index is 12.3. The molecule has 1 aromatic rings. The number of carbonyl (C=O) groups excluding carboxylic acids is 2. The van der Waals surface area contributed by atoms with Crippen molar-refractivity contribution in [2.24, 2.45) is 5.92 Å². The third kappa shape index (κ3) is 4.22. The number of benzene rings is 1. The molecule has 6 heteroatoms. The van der Waals surface area contributed by atoms with Crippen LogP contribution in [0, 0.1) is 5.92 Å². The minimum absolute atomic E-state index is 0.0586. The lowest BCUT2D eigenvalue weighted by molar-refractivity contribution is -0.127. The maximum Gasteiger partial charge on any atom is 0.227 e. The van der Waals surface area contributed by atoms with E-state index in [1.165, 1.54) is 0 Å². The quantitative estimate of drug-likeness (QED) is 0.828. The van der Waals surface area contributed by atoms with Crippen molar-refractivity contribution in [3.05, 3.63) is 24.3 Å². The van der Waals surface area contributed by atoms with Crippen LogP contribution in [-0.4, -0.2) is 44.7 Å². The second kappa shape index (κ2) is 7.97. The molecule has 1 aliphatic rings. The number of carbonyl (C=O) groups is 2. The van der Waals surface area contributed by atoms with Gasteiger partial charge in [-0.2, -0.15) is 0 Å². The standard InChI is InChI=1S/C17H24N2O4/c1-4-23-15-8-6-5-7-14(15)19-10-13(9-16(19)20)17(21)18-12(2)11-22-3/h5-8,12-13H,4,9-11H2,1-3H3,(H,18,21). The zero-order chi connectivity index (χ0) is 16.8. The van der Waals surface area contributed by atoms with Crippen LogP contribution < -0.4 is 15.0 Å². The number of rotatable bonds is 7. The van der Waals surface area contributed by atoms with Gasteiger partial charge in [0.05, 0.1) is 24.8 Å². The highest BCUT2D eigenvalue weighted by Gasteiger charge is 2.36. The largest absolute Gasteiger partial charge is 0.492 e. The van der Waals surface area contributed by atoms with E-state index in [1.807, 2.05) is 38.1 Å². The third-order valence-electron chi connectivity index (χ3n) is 3.76. The van der Waals surface area contributed by atoms with Crippen LogP contribution in [0.25, 0.3) is 0 Å². The number of nitrogens with one attached hydrogen (secondary N) is 1. The summed E-state index contributed by atoms with van der Waals surface area (Å²) in [5.41, 5.74) is 0.722. The van der Waals surface area contributed by atoms with Crippen molar-refractivity contribution in [2.75, 3.05) is 31.8 Å². The molecule has 1 aromatic carbocycles. The SMILES string of the molecule is CCOc1ccccc1N1CC(C(=O)NC(C)COC)CC1=O. The van der Waals surface area contributed by atoms with E-state index in [4.69, 9.17) is 9.47 Å². The molecular weight excluding hydrogens is 296 g/mol. The molecule has 2 unspecified atom stereocenters. The Morgan fingerprint density at radius 3 is 2.87 bits per heavy atom. The van der Waals surface area contributed by atoms with Crippen LogP contribution in [0.15, 0.2) is 24.3 Å². The Balaban J connectivity index is 2.07. The molecule has 23 heavy (non-hydrogen) atoms. The van der Waals surface area contributed by atoms with Crippen molar-refractivity contribution >= 4 is 17.5 Å². The van der Waals surface area contributed by atoms with E-state index in [-0.39, 0.29) is 30.2 Å². The van der Waals surface area contributed by atoms with Gasteiger partial charge < -0.3 is 19.7 Å². The van der Waals surface area contributed by atoms with Gasteiger partial charge in [0.2, 0.25) is 11.8 Å². The van der Waals surface area contributed by atoms with Crippen molar-refractivity contribution in [2.45, 2.75) is 26.3 Å². The topological polar surface area (TPSA) is 67.9 Å². The summed E-state index contributed by atoms with van der Waals surface area (Å²) in [6.45, 7) is 5.12. The lowest BCUT2D eigenvalue weighted by Crippen LogP contribution is -2.40. The first-order chi connectivity index (χ1) is 11.1. The van der Waals surface area contributed by atoms with Gasteiger partial charge in [0.15, 0.2) is 0 Å². The molecule has 126 valence electrons. The number of para-hydroxylation sites is 2.